The number of nitrogens with zero attached hydrogens (tertiary/aromatic N) is 2. The molecule has 0 aliphatic carbocycles. The second kappa shape index (κ2) is 8.16. The normalized spacial score (nSPS) is 12.6. The molecular formula is C28H36N4. The SMILES string of the molecule is Cn1cc(-c2ccc(CC(C)(C)CCc3ccc(C(C)(C)C)c4cc[nH]c34)c(N)c2)cn1. The van der Waals surface area contributed by atoms with E-state index in [1.54, 1.807) is 0 Å². The van der Waals surface area contributed by atoms with Gasteiger partial charge in [-0.3, -0.25) is 4.68 Å². The molecule has 4 heteroatoms. The first-order chi connectivity index (χ1) is 15.0. The number of aromatic nitrogens is 3. The van der Waals surface area contributed by atoms with Gasteiger partial charge in [-0.15, -0.1) is 0 Å². The minimum atomic E-state index is 0.137. The van der Waals surface area contributed by atoms with Crippen molar-refractivity contribution in [1.82, 2.24) is 14.8 Å². The van der Waals surface area contributed by atoms with E-state index in [1.165, 1.54) is 27.6 Å². The summed E-state index contributed by atoms with van der Waals surface area (Å²) >= 11 is 0. The maximum absolute atomic E-state index is 6.47. The lowest BCUT2D eigenvalue weighted by atomic mass is 9.79. The predicted molar refractivity (Wildman–Crippen MR) is 136 cm³/mol. The van der Waals surface area contributed by atoms with Gasteiger partial charge in [-0.2, -0.15) is 5.10 Å². The number of hydrogen-bond acceptors (Lipinski definition) is 2. The third-order valence-electron chi connectivity index (χ3n) is 6.54. The number of nitrogen functional groups attached to an aromatic ring is 1. The van der Waals surface area contributed by atoms with Crippen LogP contribution < -0.4 is 5.73 Å². The zero-order valence-corrected chi connectivity index (χ0v) is 20.3. The molecule has 4 nitrogen and oxygen atoms in total. The lowest BCUT2D eigenvalue weighted by Gasteiger charge is -2.26. The molecule has 168 valence electrons. The maximum Gasteiger partial charge on any atom is 0.0568 e. The molecule has 0 saturated carbocycles. The second-order valence-electron chi connectivity index (χ2n) is 10.9. The van der Waals surface area contributed by atoms with Gasteiger partial charge < -0.3 is 10.7 Å². The number of hydrogen-bond donors (Lipinski definition) is 2. The molecule has 0 spiro atoms. The molecule has 32 heavy (non-hydrogen) atoms. The van der Waals surface area contributed by atoms with Gasteiger partial charge in [0.15, 0.2) is 0 Å². The van der Waals surface area contributed by atoms with Gasteiger partial charge in [0.05, 0.1) is 6.20 Å². The molecule has 2 aromatic carbocycles. The lowest BCUT2D eigenvalue weighted by Crippen LogP contribution is -2.17. The highest BCUT2D eigenvalue weighted by atomic mass is 15.2. The highest BCUT2D eigenvalue weighted by molar-refractivity contribution is 5.87. The Hall–Kier alpha value is -3.01. The van der Waals surface area contributed by atoms with Crippen molar-refractivity contribution in [3.8, 4) is 11.1 Å². The summed E-state index contributed by atoms with van der Waals surface area (Å²) in [6.45, 7) is 11.5. The van der Waals surface area contributed by atoms with Gasteiger partial charge in [0.25, 0.3) is 0 Å². The van der Waals surface area contributed by atoms with Crippen LogP contribution in [0, 0.1) is 5.41 Å². The third-order valence-corrected chi connectivity index (χ3v) is 6.54. The van der Waals surface area contributed by atoms with Crippen molar-refractivity contribution >= 4 is 16.6 Å². The van der Waals surface area contributed by atoms with Gasteiger partial charge in [-0.1, -0.05) is 58.9 Å². The fraction of sp³-hybridized carbons (Fsp3) is 0.393. The van der Waals surface area contributed by atoms with Crippen molar-refractivity contribution in [2.75, 3.05) is 5.73 Å². The topological polar surface area (TPSA) is 59.6 Å². The van der Waals surface area contributed by atoms with E-state index in [1.807, 2.05) is 24.1 Å². The van der Waals surface area contributed by atoms with Crippen LogP contribution in [0.15, 0.2) is 55.0 Å². The quantitative estimate of drug-likeness (QED) is 0.338. The maximum atomic E-state index is 6.47. The predicted octanol–water partition coefficient (Wildman–Crippen LogP) is 6.65. The Bertz CT molecular complexity index is 1230. The molecule has 0 aliphatic rings. The van der Waals surface area contributed by atoms with Crippen molar-refractivity contribution in [3.05, 3.63) is 71.7 Å². The highest BCUT2D eigenvalue weighted by Gasteiger charge is 2.22. The van der Waals surface area contributed by atoms with Crippen molar-refractivity contribution < 1.29 is 0 Å². The Morgan fingerprint density at radius 3 is 2.38 bits per heavy atom. The molecule has 2 heterocycles. The van der Waals surface area contributed by atoms with E-state index >= 15 is 0 Å². The minimum absolute atomic E-state index is 0.137. The van der Waals surface area contributed by atoms with Gasteiger partial charge in [-0.05, 0) is 64.5 Å². The summed E-state index contributed by atoms with van der Waals surface area (Å²) in [6, 6.07) is 13.3. The monoisotopic (exact) mass is 428 g/mol. The fourth-order valence-electron chi connectivity index (χ4n) is 4.66. The van der Waals surface area contributed by atoms with Crippen molar-refractivity contribution in [2.24, 2.45) is 12.5 Å². The number of H-pyrrole nitrogens is 1. The number of benzene rings is 2. The van der Waals surface area contributed by atoms with Gasteiger partial charge in [-0.25, -0.2) is 0 Å². The van der Waals surface area contributed by atoms with Crippen molar-refractivity contribution in [2.45, 2.75) is 59.3 Å². The first-order valence-electron chi connectivity index (χ1n) is 11.5. The molecule has 0 radical (unpaired) electrons. The number of nitrogens with one attached hydrogen (secondary N) is 1. The molecule has 4 aromatic rings. The van der Waals surface area contributed by atoms with Gasteiger partial charge >= 0.3 is 0 Å². The highest BCUT2D eigenvalue weighted by Crippen LogP contribution is 2.35. The summed E-state index contributed by atoms with van der Waals surface area (Å²) in [4.78, 5) is 3.49. The summed E-state index contributed by atoms with van der Waals surface area (Å²) < 4.78 is 1.82. The summed E-state index contributed by atoms with van der Waals surface area (Å²) in [6.07, 6.45) is 9.07. The fourth-order valence-corrected chi connectivity index (χ4v) is 4.66. The van der Waals surface area contributed by atoms with E-state index < -0.39 is 0 Å². The molecule has 0 fully saturated rings. The number of rotatable bonds is 6. The largest absolute Gasteiger partial charge is 0.398 e. The van der Waals surface area contributed by atoms with Crippen LogP contribution in [0.4, 0.5) is 5.69 Å². The molecule has 0 aliphatic heterocycles. The van der Waals surface area contributed by atoms with Crippen LogP contribution in [-0.4, -0.2) is 14.8 Å². The van der Waals surface area contributed by atoms with Gasteiger partial charge in [0, 0.05) is 41.6 Å². The Balaban J connectivity index is 1.49. The average Bonchev–Trinajstić information content (AvgIpc) is 3.36. The minimum Gasteiger partial charge on any atom is -0.398 e. The third kappa shape index (κ3) is 4.59. The molecule has 0 saturated heterocycles. The molecule has 0 unspecified atom stereocenters. The van der Waals surface area contributed by atoms with Crippen LogP contribution in [0.1, 0.15) is 57.7 Å². The number of nitrogens with two attached hydrogens (primary N) is 1. The Morgan fingerprint density at radius 1 is 0.969 bits per heavy atom. The summed E-state index contributed by atoms with van der Waals surface area (Å²) in [5, 5.41) is 5.62. The van der Waals surface area contributed by atoms with Crippen LogP contribution >= 0.6 is 0 Å². The number of fused-ring (bicyclic) bond motifs is 1. The number of aryl methyl sites for hydroxylation is 2. The van der Waals surface area contributed by atoms with Crippen LogP contribution in [-0.2, 0) is 25.3 Å². The number of anilines is 1. The Labute approximate surface area is 191 Å². The molecule has 0 atom stereocenters. The average molecular weight is 429 g/mol. The van der Waals surface area contributed by atoms with E-state index in [0.29, 0.717) is 0 Å². The van der Waals surface area contributed by atoms with Gasteiger partial charge in [0.2, 0.25) is 0 Å². The van der Waals surface area contributed by atoms with E-state index in [9.17, 15) is 0 Å². The molecule has 3 N–H and O–H groups in total. The Kier molecular flexibility index (Phi) is 5.66. The van der Waals surface area contributed by atoms with Crippen LogP contribution in [0.2, 0.25) is 0 Å². The second-order valence-corrected chi connectivity index (χ2v) is 10.9. The first-order valence-corrected chi connectivity index (χ1v) is 11.5. The van der Waals surface area contributed by atoms with Crippen molar-refractivity contribution in [1.29, 1.82) is 0 Å². The zero-order valence-electron chi connectivity index (χ0n) is 20.3. The molecule has 0 amide bonds. The van der Waals surface area contributed by atoms with E-state index in [4.69, 9.17) is 5.73 Å². The van der Waals surface area contributed by atoms with Crippen LogP contribution in [0.5, 0.6) is 0 Å². The Morgan fingerprint density at radius 2 is 1.72 bits per heavy atom. The van der Waals surface area contributed by atoms with E-state index in [2.05, 4.69) is 87.3 Å². The smallest absolute Gasteiger partial charge is 0.0568 e. The van der Waals surface area contributed by atoms with E-state index in [-0.39, 0.29) is 10.8 Å². The van der Waals surface area contributed by atoms with Gasteiger partial charge in [0.1, 0.15) is 0 Å². The lowest BCUT2D eigenvalue weighted by molar-refractivity contribution is 0.334. The summed E-state index contributed by atoms with van der Waals surface area (Å²) in [7, 11) is 1.93. The number of aromatic amines is 1. The molecule has 2 aromatic heterocycles. The molecule has 0 bridgehead atoms. The zero-order chi connectivity index (χ0) is 23.1. The van der Waals surface area contributed by atoms with E-state index in [0.717, 1.165) is 36.1 Å². The standard InChI is InChI=1S/C28H36N4/c1-27(2,3)24-10-9-19(26-23(24)12-14-30-26)11-13-28(4,5)16-21-8-7-20(15-25(21)29)22-17-31-32(6)18-22/h7-10,12,14-15,17-18,30H,11,13,16,29H2,1-6H3. The molecular weight excluding hydrogens is 392 g/mol. The first kappa shape index (κ1) is 22.2. The van der Waals surface area contributed by atoms with Crippen LogP contribution in [0.25, 0.3) is 22.0 Å². The summed E-state index contributed by atoms with van der Waals surface area (Å²) in [5.41, 5.74) is 15.1. The van der Waals surface area contributed by atoms with Crippen LogP contribution in [0.3, 0.4) is 0 Å². The summed E-state index contributed by atoms with van der Waals surface area (Å²) in [5.74, 6) is 0. The molecule has 4 rings (SSSR count). The van der Waals surface area contributed by atoms with Crippen molar-refractivity contribution in [3.63, 3.8) is 0 Å².